The molecule has 1 fully saturated rings. The summed E-state index contributed by atoms with van der Waals surface area (Å²) in [6, 6.07) is 0. The maximum absolute atomic E-state index is 11.8. The van der Waals surface area contributed by atoms with Crippen LogP contribution in [-0.4, -0.2) is 34.3 Å². The third kappa shape index (κ3) is 2.02. The van der Waals surface area contributed by atoms with Crippen LogP contribution in [0.5, 0.6) is 0 Å². The van der Waals surface area contributed by atoms with Crippen LogP contribution in [0, 0.1) is 5.41 Å². The van der Waals surface area contributed by atoms with Crippen LogP contribution in [0.2, 0.25) is 0 Å². The van der Waals surface area contributed by atoms with Crippen molar-refractivity contribution in [1.82, 2.24) is 0 Å². The van der Waals surface area contributed by atoms with E-state index in [-0.39, 0.29) is 11.2 Å². The predicted molar refractivity (Wildman–Crippen MR) is 61.9 cm³/mol. The van der Waals surface area contributed by atoms with Crippen molar-refractivity contribution in [2.24, 2.45) is 5.41 Å². The Morgan fingerprint density at radius 3 is 2.67 bits per heavy atom. The molecule has 1 aliphatic rings. The Labute approximate surface area is 95.6 Å². The molecule has 1 saturated heterocycles. The van der Waals surface area contributed by atoms with E-state index in [9.17, 15) is 9.90 Å². The number of hydrogen-bond donors (Lipinski definition) is 1. The van der Waals surface area contributed by atoms with Gasteiger partial charge in [-0.2, -0.15) is 11.8 Å². The third-order valence-electron chi connectivity index (χ3n) is 3.39. The molecule has 0 aliphatic carbocycles. The number of ether oxygens (including phenoxy) is 1. The fraction of sp³-hybridized carbons (Fsp3) is 0.909. The van der Waals surface area contributed by atoms with Gasteiger partial charge in [0.15, 0.2) is 0 Å². The Kier molecular flexibility index (Phi) is 3.71. The van der Waals surface area contributed by atoms with Crippen LogP contribution >= 0.6 is 11.8 Å². The molecule has 0 aromatic heterocycles. The van der Waals surface area contributed by atoms with Gasteiger partial charge in [-0.05, 0) is 32.9 Å². The highest BCUT2D eigenvalue weighted by molar-refractivity contribution is 8.00. The highest BCUT2D eigenvalue weighted by Gasteiger charge is 2.55. The van der Waals surface area contributed by atoms with E-state index in [2.05, 4.69) is 0 Å². The van der Waals surface area contributed by atoms with E-state index in [0.29, 0.717) is 13.0 Å². The molecule has 1 rings (SSSR count). The lowest BCUT2D eigenvalue weighted by Crippen LogP contribution is -2.53. The summed E-state index contributed by atoms with van der Waals surface area (Å²) < 4.78 is 5.02. The molecule has 3 nitrogen and oxygen atoms in total. The van der Waals surface area contributed by atoms with Gasteiger partial charge in [0.2, 0.25) is 0 Å². The topological polar surface area (TPSA) is 46.5 Å². The Morgan fingerprint density at radius 2 is 2.27 bits per heavy atom. The lowest BCUT2D eigenvalue weighted by atomic mass is 9.71. The van der Waals surface area contributed by atoms with E-state index in [4.69, 9.17) is 4.74 Å². The Balaban J connectivity index is 2.88. The van der Waals surface area contributed by atoms with Gasteiger partial charge in [0.1, 0.15) is 0 Å². The molecule has 0 saturated carbocycles. The van der Waals surface area contributed by atoms with E-state index in [1.165, 1.54) is 0 Å². The van der Waals surface area contributed by atoms with Crippen molar-refractivity contribution in [1.29, 1.82) is 0 Å². The molecule has 0 radical (unpaired) electrons. The second-order valence-electron chi connectivity index (χ2n) is 4.53. The fourth-order valence-electron chi connectivity index (χ4n) is 2.04. The van der Waals surface area contributed by atoms with Crippen molar-refractivity contribution >= 4 is 17.7 Å². The van der Waals surface area contributed by atoms with Crippen LogP contribution < -0.4 is 0 Å². The van der Waals surface area contributed by atoms with Crippen LogP contribution in [-0.2, 0) is 9.53 Å². The molecule has 0 bridgehead atoms. The lowest BCUT2D eigenvalue weighted by Gasteiger charge is -2.40. The van der Waals surface area contributed by atoms with Gasteiger partial charge in [-0.3, -0.25) is 4.79 Å². The first kappa shape index (κ1) is 12.8. The quantitative estimate of drug-likeness (QED) is 0.754. The molecule has 2 atom stereocenters. The van der Waals surface area contributed by atoms with Gasteiger partial charge < -0.3 is 9.84 Å². The van der Waals surface area contributed by atoms with Gasteiger partial charge in [0.25, 0.3) is 0 Å². The van der Waals surface area contributed by atoms with Gasteiger partial charge in [-0.15, -0.1) is 0 Å². The molecule has 1 N–H and O–H groups in total. The van der Waals surface area contributed by atoms with Crippen LogP contribution in [0.15, 0.2) is 0 Å². The summed E-state index contributed by atoms with van der Waals surface area (Å²) in [6.45, 7) is 7.66. The average molecular weight is 232 g/mol. The average Bonchev–Trinajstić information content (AvgIpc) is 2.49. The minimum Gasteiger partial charge on any atom is -0.465 e. The molecule has 88 valence electrons. The molecule has 4 heteroatoms. The van der Waals surface area contributed by atoms with Gasteiger partial charge in [0, 0.05) is 5.25 Å². The number of esters is 1. The number of carbonyl (C=O) groups excluding carboxylic acids is 1. The summed E-state index contributed by atoms with van der Waals surface area (Å²) in [5.74, 6) is 0.599. The van der Waals surface area contributed by atoms with E-state index in [1.807, 2.05) is 6.92 Å². The van der Waals surface area contributed by atoms with E-state index in [0.717, 1.165) is 5.75 Å². The zero-order valence-corrected chi connectivity index (χ0v) is 10.7. The zero-order valence-electron chi connectivity index (χ0n) is 9.87. The van der Waals surface area contributed by atoms with Gasteiger partial charge in [-0.1, -0.05) is 6.92 Å². The van der Waals surface area contributed by atoms with Gasteiger partial charge in [0.05, 0.1) is 17.6 Å². The van der Waals surface area contributed by atoms with E-state index in [1.54, 1.807) is 32.5 Å². The van der Waals surface area contributed by atoms with E-state index < -0.39 is 11.0 Å². The summed E-state index contributed by atoms with van der Waals surface area (Å²) >= 11 is 1.71. The second-order valence-corrected chi connectivity index (χ2v) is 5.98. The molecule has 0 aromatic rings. The summed E-state index contributed by atoms with van der Waals surface area (Å²) in [5, 5.41) is 10.6. The van der Waals surface area contributed by atoms with Crippen molar-refractivity contribution in [2.45, 2.75) is 45.0 Å². The number of carbonyl (C=O) groups is 1. The molecule has 2 unspecified atom stereocenters. The van der Waals surface area contributed by atoms with E-state index >= 15 is 0 Å². The van der Waals surface area contributed by atoms with Crippen LogP contribution in [0.4, 0.5) is 0 Å². The lowest BCUT2D eigenvalue weighted by molar-refractivity contribution is -0.170. The third-order valence-corrected chi connectivity index (χ3v) is 4.72. The van der Waals surface area contributed by atoms with Crippen molar-refractivity contribution < 1.29 is 14.6 Å². The summed E-state index contributed by atoms with van der Waals surface area (Å²) in [5.41, 5.74) is -1.77. The smallest absolute Gasteiger partial charge is 0.314 e. The predicted octanol–water partition coefficient (Wildman–Crippen LogP) is 1.83. The van der Waals surface area contributed by atoms with Crippen LogP contribution in [0.25, 0.3) is 0 Å². The number of hydrogen-bond acceptors (Lipinski definition) is 4. The maximum Gasteiger partial charge on any atom is 0.314 e. The summed E-state index contributed by atoms with van der Waals surface area (Å²) in [7, 11) is 0. The van der Waals surface area contributed by atoms with Crippen molar-refractivity contribution in [3.05, 3.63) is 0 Å². The highest BCUT2D eigenvalue weighted by Crippen LogP contribution is 2.47. The minimum atomic E-state index is -0.941. The molecular weight excluding hydrogens is 212 g/mol. The number of aliphatic hydroxyl groups is 1. The van der Waals surface area contributed by atoms with Gasteiger partial charge >= 0.3 is 5.97 Å². The number of thioether (sulfide) groups is 1. The maximum atomic E-state index is 11.8. The Hall–Kier alpha value is -0.220. The van der Waals surface area contributed by atoms with Crippen molar-refractivity contribution in [2.75, 3.05) is 12.4 Å². The van der Waals surface area contributed by atoms with Crippen LogP contribution in [0.1, 0.15) is 34.1 Å². The number of rotatable bonds is 3. The zero-order chi connectivity index (χ0) is 11.7. The molecule has 0 spiro atoms. The monoisotopic (exact) mass is 232 g/mol. The summed E-state index contributed by atoms with van der Waals surface area (Å²) in [6.07, 6.45) is 0.657. The minimum absolute atomic E-state index is 0.0805. The van der Waals surface area contributed by atoms with Crippen molar-refractivity contribution in [3.63, 3.8) is 0 Å². The fourth-order valence-corrected chi connectivity index (χ4v) is 3.51. The SMILES string of the molecule is CCOC(=O)C(C)(C)C1(O)CCSC1C. The second kappa shape index (κ2) is 4.34. The molecule has 0 aromatic carbocycles. The van der Waals surface area contributed by atoms with Gasteiger partial charge in [-0.25, -0.2) is 0 Å². The molecule has 15 heavy (non-hydrogen) atoms. The molecule has 1 heterocycles. The molecule has 1 aliphatic heterocycles. The first-order valence-electron chi connectivity index (χ1n) is 5.37. The standard InChI is InChI=1S/C11H20O3S/c1-5-14-9(12)10(3,4)11(13)6-7-15-8(11)2/h8,13H,5-7H2,1-4H3. The van der Waals surface area contributed by atoms with Crippen LogP contribution in [0.3, 0.4) is 0 Å². The molecular formula is C11H20O3S. The van der Waals surface area contributed by atoms with Crippen molar-refractivity contribution in [3.8, 4) is 0 Å². The largest absolute Gasteiger partial charge is 0.465 e. The summed E-state index contributed by atoms with van der Waals surface area (Å²) in [4.78, 5) is 11.8. The molecule has 0 amide bonds. The highest BCUT2D eigenvalue weighted by atomic mass is 32.2. The first-order valence-corrected chi connectivity index (χ1v) is 6.42. The normalized spacial score (nSPS) is 31.7. The Morgan fingerprint density at radius 1 is 1.67 bits per heavy atom. The first-order chi connectivity index (χ1) is 6.86. The Bertz CT molecular complexity index is 252.